The summed E-state index contributed by atoms with van der Waals surface area (Å²) in [6, 6.07) is 5.46. The fraction of sp³-hybridized carbons (Fsp3) is 0.625. The van der Waals surface area contributed by atoms with E-state index in [1.165, 1.54) is 19.3 Å². The van der Waals surface area contributed by atoms with Crippen LogP contribution in [0.2, 0.25) is 0 Å². The molecule has 1 saturated carbocycles. The second kappa shape index (κ2) is 5.22. The van der Waals surface area contributed by atoms with Crippen molar-refractivity contribution in [2.45, 2.75) is 50.7 Å². The molecule has 1 N–H and O–H groups in total. The summed E-state index contributed by atoms with van der Waals surface area (Å²) in [7, 11) is 0. The molecule has 1 heterocycles. The predicted octanol–water partition coefficient (Wildman–Crippen LogP) is 3.50. The van der Waals surface area contributed by atoms with E-state index in [9.17, 15) is 4.39 Å². The van der Waals surface area contributed by atoms with Crippen molar-refractivity contribution in [2.24, 2.45) is 0 Å². The molecule has 0 amide bonds. The molecular weight excluding hydrogens is 241 g/mol. The zero-order valence-electron chi connectivity index (χ0n) is 11.5. The summed E-state index contributed by atoms with van der Waals surface area (Å²) in [6.07, 6.45) is 6.06. The molecular formula is C16H22FNO. The van der Waals surface area contributed by atoms with Crippen molar-refractivity contribution < 1.29 is 9.13 Å². The maximum atomic E-state index is 13.7. The normalized spacial score (nSPS) is 26.5. The van der Waals surface area contributed by atoms with Crippen molar-refractivity contribution in [2.75, 3.05) is 13.1 Å². The maximum absolute atomic E-state index is 13.7. The van der Waals surface area contributed by atoms with E-state index in [0.29, 0.717) is 5.56 Å². The van der Waals surface area contributed by atoms with Gasteiger partial charge >= 0.3 is 0 Å². The van der Waals surface area contributed by atoms with Gasteiger partial charge in [0.15, 0.2) is 0 Å². The molecule has 2 aliphatic rings. The number of ether oxygens (including phenoxy) is 1. The number of nitrogens with one attached hydrogen (secondary N) is 1. The van der Waals surface area contributed by atoms with E-state index < -0.39 is 0 Å². The molecule has 3 heteroatoms. The fourth-order valence-electron chi connectivity index (χ4n) is 3.30. The minimum atomic E-state index is -0.135. The summed E-state index contributed by atoms with van der Waals surface area (Å²) in [4.78, 5) is 0. The molecule has 104 valence electrons. The Hall–Kier alpha value is -0.930. The van der Waals surface area contributed by atoms with Crippen LogP contribution < -0.4 is 5.32 Å². The summed E-state index contributed by atoms with van der Waals surface area (Å²) in [5.41, 5.74) is 1.64. The molecule has 19 heavy (non-hydrogen) atoms. The average molecular weight is 263 g/mol. The molecule has 2 nitrogen and oxygen atoms in total. The molecule has 0 bridgehead atoms. The first kappa shape index (κ1) is 13.1. The van der Waals surface area contributed by atoms with E-state index in [1.807, 2.05) is 12.1 Å². The number of aryl methyl sites for hydroxylation is 1. The Balaban J connectivity index is 1.78. The standard InChI is InChI=1S/C16H22FNO/c1-12-5-6-13(9-14(12)17)15-10-18-11-16(19-15)7-3-2-4-8-16/h5-6,9,15,18H,2-4,7-8,10-11H2,1H3. The Bertz CT molecular complexity index is 449. The minimum Gasteiger partial charge on any atom is -0.364 e. The Morgan fingerprint density at radius 2 is 2.05 bits per heavy atom. The van der Waals surface area contributed by atoms with Gasteiger partial charge in [0.2, 0.25) is 0 Å². The van der Waals surface area contributed by atoms with Gasteiger partial charge in [-0.25, -0.2) is 4.39 Å². The maximum Gasteiger partial charge on any atom is 0.126 e. The molecule has 1 unspecified atom stereocenters. The van der Waals surface area contributed by atoms with Crippen molar-refractivity contribution >= 4 is 0 Å². The molecule has 1 atom stereocenters. The zero-order valence-corrected chi connectivity index (χ0v) is 11.5. The van der Waals surface area contributed by atoms with Crippen molar-refractivity contribution in [3.8, 4) is 0 Å². The monoisotopic (exact) mass is 263 g/mol. The van der Waals surface area contributed by atoms with Gasteiger partial charge in [-0.05, 0) is 37.0 Å². The van der Waals surface area contributed by atoms with E-state index in [0.717, 1.165) is 31.5 Å². The molecule has 1 aromatic rings. The summed E-state index contributed by atoms with van der Waals surface area (Å²) >= 11 is 0. The van der Waals surface area contributed by atoms with E-state index in [4.69, 9.17) is 4.74 Å². The van der Waals surface area contributed by atoms with Crippen LogP contribution >= 0.6 is 0 Å². The van der Waals surface area contributed by atoms with Crippen molar-refractivity contribution in [3.05, 3.63) is 35.1 Å². The van der Waals surface area contributed by atoms with Crippen LogP contribution in [0.1, 0.15) is 49.3 Å². The third-order valence-corrected chi connectivity index (χ3v) is 4.50. The van der Waals surface area contributed by atoms with Gasteiger partial charge < -0.3 is 10.1 Å². The van der Waals surface area contributed by atoms with Crippen molar-refractivity contribution in [1.82, 2.24) is 5.32 Å². The van der Waals surface area contributed by atoms with Crippen LogP contribution in [-0.2, 0) is 4.74 Å². The lowest BCUT2D eigenvalue weighted by molar-refractivity contribution is -0.135. The van der Waals surface area contributed by atoms with Gasteiger partial charge in [0.25, 0.3) is 0 Å². The van der Waals surface area contributed by atoms with Crippen LogP contribution in [0.4, 0.5) is 4.39 Å². The first-order chi connectivity index (χ1) is 9.19. The summed E-state index contributed by atoms with van der Waals surface area (Å²) < 4.78 is 20.1. The van der Waals surface area contributed by atoms with E-state index >= 15 is 0 Å². The Kier molecular flexibility index (Phi) is 3.59. The lowest BCUT2D eigenvalue weighted by Gasteiger charge is -2.44. The second-order valence-corrected chi connectivity index (χ2v) is 5.99. The first-order valence-corrected chi connectivity index (χ1v) is 7.33. The van der Waals surface area contributed by atoms with Gasteiger partial charge in [0.1, 0.15) is 5.82 Å². The highest BCUT2D eigenvalue weighted by Crippen LogP contribution is 2.37. The van der Waals surface area contributed by atoms with Gasteiger partial charge in [-0.15, -0.1) is 0 Å². The number of hydrogen-bond acceptors (Lipinski definition) is 2. The number of benzene rings is 1. The predicted molar refractivity (Wildman–Crippen MR) is 73.6 cm³/mol. The largest absolute Gasteiger partial charge is 0.364 e. The molecule has 1 aliphatic carbocycles. The number of rotatable bonds is 1. The third kappa shape index (κ3) is 2.67. The molecule has 1 saturated heterocycles. The van der Waals surface area contributed by atoms with Crippen LogP contribution in [0.3, 0.4) is 0 Å². The van der Waals surface area contributed by atoms with Gasteiger partial charge in [0.05, 0.1) is 11.7 Å². The quantitative estimate of drug-likeness (QED) is 0.837. The van der Waals surface area contributed by atoms with Gasteiger partial charge in [-0.3, -0.25) is 0 Å². The van der Waals surface area contributed by atoms with Crippen molar-refractivity contribution in [1.29, 1.82) is 0 Å². The molecule has 0 radical (unpaired) electrons. The Labute approximate surface area is 114 Å². The first-order valence-electron chi connectivity index (χ1n) is 7.33. The summed E-state index contributed by atoms with van der Waals surface area (Å²) in [5, 5.41) is 3.48. The number of halogens is 1. The molecule has 0 aromatic heterocycles. The molecule has 1 aromatic carbocycles. The van der Waals surface area contributed by atoms with E-state index in [2.05, 4.69) is 5.32 Å². The highest BCUT2D eigenvalue weighted by molar-refractivity contribution is 5.25. The highest BCUT2D eigenvalue weighted by atomic mass is 19.1. The van der Waals surface area contributed by atoms with E-state index in [1.54, 1.807) is 13.0 Å². The van der Waals surface area contributed by atoms with Gasteiger partial charge in [0, 0.05) is 13.1 Å². The second-order valence-electron chi connectivity index (χ2n) is 5.99. The molecule has 3 rings (SSSR count). The minimum absolute atomic E-state index is 0.0114. The SMILES string of the molecule is Cc1ccc(C2CNCC3(CCCCC3)O2)cc1F. The molecule has 2 fully saturated rings. The lowest BCUT2D eigenvalue weighted by Crippen LogP contribution is -2.51. The average Bonchev–Trinajstić information content (AvgIpc) is 2.43. The summed E-state index contributed by atoms with van der Waals surface area (Å²) in [6.45, 7) is 3.52. The van der Waals surface area contributed by atoms with E-state index in [-0.39, 0.29) is 17.5 Å². The number of morpholine rings is 1. The number of hydrogen-bond donors (Lipinski definition) is 1. The fourth-order valence-corrected chi connectivity index (χ4v) is 3.30. The van der Waals surface area contributed by atoms with Gasteiger partial charge in [-0.2, -0.15) is 0 Å². The topological polar surface area (TPSA) is 21.3 Å². The van der Waals surface area contributed by atoms with Crippen LogP contribution in [0, 0.1) is 12.7 Å². The Morgan fingerprint density at radius 1 is 1.26 bits per heavy atom. The summed E-state index contributed by atoms with van der Waals surface area (Å²) in [5.74, 6) is -0.135. The third-order valence-electron chi connectivity index (χ3n) is 4.50. The van der Waals surface area contributed by atoms with Crippen LogP contribution in [-0.4, -0.2) is 18.7 Å². The van der Waals surface area contributed by atoms with Gasteiger partial charge in [-0.1, -0.05) is 31.4 Å². The zero-order chi connectivity index (χ0) is 13.3. The lowest BCUT2D eigenvalue weighted by atomic mass is 9.83. The van der Waals surface area contributed by atoms with Crippen LogP contribution in [0.25, 0.3) is 0 Å². The highest BCUT2D eigenvalue weighted by Gasteiger charge is 2.38. The van der Waals surface area contributed by atoms with Crippen LogP contribution in [0.15, 0.2) is 18.2 Å². The van der Waals surface area contributed by atoms with Crippen LogP contribution in [0.5, 0.6) is 0 Å². The smallest absolute Gasteiger partial charge is 0.126 e. The molecule has 1 aliphatic heterocycles. The molecule has 1 spiro atoms. The van der Waals surface area contributed by atoms with Crippen molar-refractivity contribution in [3.63, 3.8) is 0 Å². The Morgan fingerprint density at radius 3 is 2.79 bits per heavy atom.